The molecule has 3 rings (SSSR count). The number of furan rings is 1. The Hall–Kier alpha value is -2.81. The molecule has 0 bridgehead atoms. The molecule has 2 aromatic carbocycles. The summed E-state index contributed by atoms with van der Waals surface area (Å²) in [5, 5.41) is 1.02. The summed E-state index contributed by atoms with van der Waals surface area (Å²) < 4.78 is 11.0. The lowest BCUT2D eigenvalue weighted by Gasteiger charge is -2.02. The molecule has 0 radical (unpaired) electrons. The normalized spacial score (nSPS) is 11.1. The van der Waals surface area contributed by atoms with Gasteiger partial charge in [-0.15, -0.1) is 0 Å². The molecular weight excluding hydrogens is 276 g/mol. The first kappa shape index (κ1) is 14.1. The van der Waals surface area contributed by atoms with E-state index in [2.05, 4.69) is 0 Å². The molecule has 0 atom stereocenters. The van der Waals surface area contributed by atoms with Crippen LogP contribution in [0.2, 0.25) is 0 Å². The van der Waals surface area contributed by atoms with Crippen LogP contribution in [0.3, 0.4) is 0 Å². The number of benzene rings is 2. The predicted molar refractivity (Wildman–Crippen MR) is 87.2 cm³/mol. The van der Waals surface area contributed by atoms with Crippen molar-refractivity contribution in [2.75, 3.05) is 6.61 Å². The molecule has 3 aromatic rings. The lowest BCUT2D eigenvalue weighted by atomic mass is 10.1. The second-order valence-corrected chi connectivity index (χ2v) is 4.84. The van der Waals surface area contributed by atoms with Crippen LogP contribution in [0.4, 0.5) is 0 Å². The van der Waals surface area contributed by atoms with Crippen molar-refractivity contribution in [3.05, 3.63) is 72.0 Å². The minimum absolute atomic E-state index is 0.0662. The highest BCUT2D eigenvalue weighted by Crippen LogP contribution is 2.20. The van der Waals surface area contributed by atoms with E-state index in [1.807, 2.05) is 37.3 Å². The summed E-state index contributed by atoms with van der Waals surface area (Å²) in [5.41, 5.74) is 1.44. The first-order valence-electron chi connectivity index (χ1n) is 7.20. The average molecular weight is 292 g/mol. The van der Waals surface area contributed by atoms with Crippen LogP contribution in [0.25, 0.3) is 17.0 Å². The molecule has 1 aromatic heterocycles. The average Bonchev–Trinajstić information content (AvgIpc) is 2.96. The molecule has 0 saturated heterocycles. The Labute approximate surface area is 128 Å². The van der Waals surface area contributed by atoms with Gasteiger partial charge in [-0.05, 0) is 55.5 Å². The summed E-state index contributed by atoms with van der Waals surface area (Å²) in [6, 6.07) is 16.8. The molecule has 0 saturated carbocycles. The fourth-order valence-electron chi connectivity index (χ4n) is 2.22. The van der Waals surface area contributed by atoms with E-state index in [9.17, 15) is 4.79 Å². The molecule has 0 amide bonds. The van der Waals surface area contributed by atoms with Crippen LogP contribution >= 0.6 is 0 Å². The van der Waals surface area contributed by atoms with E-state index in [0.717, 1.165) is 16.7 Å². The van der Waals surface area contributed by atoms with Crippen molar-refractivity contribution in [1.82, 2.24) is 0 Å². The number of ether oxygens (including phenoxy) is 1. The van der Waals surface area contributed by atoms with E-state index < -0.39 is 0 Å². The molecule has 0 spiro atoms. The summed E-state index contributed by atoms with van der Waals surface area (Å²) in [7, 11) is 0. The molecular formula is C19H16O3. The zero-order valence-corrected chi connectivity index (χ0v) is 12.3. The summed E-state index contributed by atoms with van der Waals surface area (Å²) in [5.74, 6) is 1.37. The number of fused-ring (bicyclic) bond motifs is 1. The number of carbonyl (C=O) groups excluding carboxylic acids is 1. The van der Waals surface area contributed by atoms with Gasteiger partial charge in [0.2, 0.25) is 0 Å². The Bertz CT molecular complexity index is 777. The van der Waals surface area contributed by atoms with Gasteiger partial charge in [-0.1, -0.05) is 18.2 Å². The number of rotatable bonds is 5. The fraction of sp³-hybridized carbons (Fsp3) is 0.105. The van der Waals surface area contributed by atoms with Gasteiger partial charge in [-0.3, -0.25) is 4.79 Å². The lowest BCUT2D eigenvalue weighted by molar-refractivity contribution is 0.104. The van der Waals surface area contributed by atoms with Gasteiger partial charge in [0.15, 0.2) is 5.78 Å². The minimum atomic E-state index is -0.0662. The van der Waals surface area contributed by atoms with E-state index in [1.54, 1.807) is 30.3 Å². The van der Waals surface area contributed by atoms with Gasteiger partial charge in [0, 0.05) is 10.9 Å². The van der Waals surface area contributed by atoms with Gasteiger partial charge in [-0.2, -0.15) is 0 Å². The first-order chi connectivity index (χ1) is 10.8. The highest BCUT2D eigenvalue weighted by molar-refractivity contribution is 6.06. The fourth-order valence-corrected chi connectivity index (χ4v) is 2.22. The van der Waals surface area contributed by atoms with Gasteiger partial charge in [0.1, 0.15) is 17.1 Å². The number of hydrogen-bond acceptors (Lipinski definition) is 3. The Morgan fingerprint density at radius 3 is 2.64 bits per heavy atom. The smallest absolute Gasteiger partial charge is 0.185 e. The van der Waals surface area contributed by atoms with Crippen LogP contribution in [0.5, 0.6) is 5.75 Å². The second kappa shape index (κ2) is 6.31. The molecule has 0 aliphatic rings. The van der Waals surface area contributed by atoms with E-state index >= 15 is 0 Å². The van der Waals surface area contributed by atoms with Gasteiger partial charge in [0.05, 0.1) is 6.61 Å². The Balaban J connectivity index is 1.75. The van der Waals surface area contributed by atoms with Crippen molar-refractivity contribution in [3.63, 3.8) is 0 Å². The Morgan fingerprint density at radius 2 is 1.91 bits per heavy atom. The third-order valence-corrected chi connectivity index (χ3v) is 3.29. The summed E-state index contributed by atoms with van der Waals surface area (Å²) in [4.78, 5) is 12.1. The summed E-state index contributed by atoms with van der Waals surface area (Å²) in [6.07, 6.45) is 3.21. The van der Waals surface area contributed by atoms with Crippen molar-refractivity contribution < 1.29 is 13.9 Å². The van der Waals surface area contributed by atoms with E-state index in [-0.39, 0.29) is 5.78 Å². The predicted octanol–water partition coefficient (Wildman–Crippen LogP) is 4.73. The van der Waals surface area contributed by atoms with Crippen LogP contribution in [-0.2, 0) is 0 Å². The van der Waals surface area contributed by atoms with Crippen molar-refractivity contribution in [2.45, 2.75) is 6.92 Å². The van der Waals surface area contributed by atoms with Crippen molar-refractivity contribution in [1.29, 1.82) is 0 Å². The van der Waals surface area contributed by atoms with Crippen LogP contribution in [-0.4, -0.2) is 12.4 Å². The van der Waals surface area contributed by atoms with E-state index in [1.165, 1.54) is 6.08 Å². The zero-order chi connectivity index (χ0) is 15.4. The van der Waals surface area contributed by atoms with Gasteiger partial charge < -0.3 is 9.15 Å². The van der Waals surface area contributed by atoms with Crippen molar-refractivity contribution in [2.24, 2.45) is 0 Å². The topological polar surface area (TPSA) is 39.4 Å². The molecule has 3 nitrogen and oxygen atoms in total. The second-order valence-electron chi connectivity index (χ2n) is 4.84. The Morgan fingerprint density at radius 1 is 1.14 bits per heavy atom. The number of ketones is 1. The van der Waals surface area contributed by atoms with Gasteiger partial charge >= 0.3 is 0 Å². The number of carbonyl (C=O) groups is 1. The molecule has 0 aliphatic heterocycles. The number of allylic oxidation sites excluding steroid dienone is 1. The number of para-hydroxylation sites is 1. The quantitative estimate of drug-likeness (QED) is 0.504. The maximum Gasteiger partial charge on any atom is 0.185 e. The van der Waals surface area contributed by atoms with E-state index in [4.69, 9.17) is 9.15 Å². The number of hydrogen-bond donors (Lipinski definition) is 0. The first-order valence-corrected chi connectivity index (χ1v) is 7.20. The molecule has 0 fully saturated rings. The molecule has 1 heterocycles. The minimum Gasteiger partial charge on any atom is -0.494 e. The summed E-state index contributed by atoms with van der Waals surface area (Å²) >= 11 is 0. The van der Waals surface area contributed by atoms with Crippen LogP contribution in [0, 0.1) is 0 Å². The lowest BCUT2D eigenvalue weighted by Crippen LogP contribution is -1.95. The third kappa shape index (κ3) is 3.09. The maximum atomic E-state index is 12.1. The molecule has 0 N–H and O–H groups in total. The molecule has 110 valence electrons. The van der Waals surface area contributed by atoms with Crippen LogP contribution < -0.4 is 4.74 Å². The zero-order valence-electron chi connectivity index (χ0n) is 12.3. The standard InChI is InChI=1S/C19H16O3/c1-2-21-16-9-7-14(8-10-16)18(20)12-11-17-13-15-5-3-4-6-19(15)22-17/h3-13H,2H2,1H3/b12-11+. The van der Waals surface area contributed by atoms with Crippen molar-refractivity contribution >= 4 is 22.8 Å². The monoisotopic (exact) mass is 292 g/mol. The van der Waals surface area contributed by atoms with Crippen LogP contribution in [0.15, 0.2) is 65.1 Å². The molecule has 3 heteroatoms. The van der Waals surface area contributed by atoms with E-state index in [0.29, 0.717) is 17.9 Å². The Kier molecular flexibility index (Phi) is 4.05. The van der Waals surface area contributed by atoms with Crippen LogP contribution in [0.1, 0.15) is 23.0 Å². The SMILES string of the molecule is CCOc1ccc(C(=O)/C=C/c2cc3ccccc3o2)cc1. The highest BCUT2D eigenvalue weighted by atomic mass is 16.5. The largest absolute Gasteiger partial charge is 0.494 e. The summed E-state index contributed by atoms with van der Waals surface area (Å²) in [6.45, 7) is 2.54. The van der Waals surface area contributed by atoms with Gasteiger partial charge in [-0.25, -0.2) is 0 Å². The molecule has 0 unspecified atom stereocenters. The van der Waals surface area contributed by atoms with Crippen molar-refractivity contribution in [3.8, 4) is 5.75 Å². The molecule has 22 heavy (non-hydrogen) atoms. The third-order valence-electron chi connectivity index (χ3n) is 3.29. The highest BCUT2D eigenvalue weighted by Gasteiger charge is 2.04. The maximum absolute atomic E-state index is 12.1. The molecule has 0 aliphatic carbocycles. The van der Waals surface area contributed by atoms with Gasteiger partial charge in [0.25, 0.3) is 0 Å².